The second-order valence-corrected chi connectivity index (χ2v) is 7.89. The van der Waals surface area contributed by atoms with Crippen LogP contribution in [0.4, 0.5) is 0 Å². The molecular formula is C21H24N6OS. The van der Waals surface area contributed by atoms with Crippen LogP contribution in [0.2, 0.25) is 0 Å². The van der Waals surface area contributed by atoms with E-state index in [-0.39, 0.29) is 0 Å². The van der Waals surface area contributed by atoms with E-state index in [9.17, 15) is 0 Å². The molecule has 3 heterocycles. The van der Waals surface area contributed by atoms with Crippen molar-refractivity contribution in [2.24, 2.45) is 0 Å². The van der Waals surface area contributed by atoms with E-state index < -0.39 is 0 Å². The number of hydrogen-bond acceptors (Lipinski definition) is 6. The molecule has 0 saturated heterocycles. The van der Waals surface area contributed by atoms with Crippen LogP contribution in [0.5, 0.6) is 0 Å². The van der Waals surface area contributed by atoms with Crippen LogP contribution in [-0.2, 0) is 18.8 Å². The van der Waals surface area contributed by atoms with Gasteiger partial charge in [0.05, 0.1) is 18.6 Å². The number of aromatic nitrogens is 6. The number of hydrogen-bond donors (Lipinski definition) is 0. The Labute approximate surface area is 174 Å². The Morgan fingerprint density at radius 3 is 2.66 bits per heavy atom. The topological polar surface area (TPSA) is 74.6 Å². The molecule has 4 aromatic rings. The van der Waals surface area contributed by atoms with Gasteiger partial charge in [-0.2, -0.15) is 0 Å². The van der Waals surface area contributed by atoms with Gasteiger partial charge in [-0.1, -0.05) is 42.4 Å². The van der Waals surface area contributed by atoms with E-state index in [0.29, 0.717) is 12.3 Å². The largest absolute Gasteiger partial charge is 0.467 e. The quantitative estimate of drug-likeness (QED) is 0.400. The summed E-state index contributed by atoms with van der Waals surface area (Å²) in [5, 5.41) is 18.4. The first-order chi connectivity index (χ1) is 14.2. The van der Waals surface area contributed by atoms with Crippen LogP contribution < -0.4 is 0 Å². The average molecular weight is 409 g/mol. The highest BCUT2D eigenvalue weighted by atomic mass is 32.2. The van der Waals surface area contributed by atoms with Gasteiger partial charge in [-0.3, -0.25) is 4.57 Å². The summed E-state index contributed by atoms with van der Waals surface area (Å²) in [6, 6.07) is 12.2. The minimum Gasteiger partial charge on any atom is -0.467 e. The summed E-state index contributed by atoms with van der Waals surface area (Å²) in [6.45, 7) is 7.72. The summed E-state index contributed by atoms with van der Waals surface area (Å²) < 4.78 is 9.85. The molecule has 0 saturated carbocycles. The van der Waals surface area contributed by atoms with Crippen molar-refractivity contribution in [3.63, 3.8) is 0 Å². The number of rotatable bonds is 8. The number of furan rings is 1. The lowest BCUT2D eigenvalue weighted by molar-refractivity contribution is 0.485. The van der Waals surface area contributed by atoms with Gasteiger partial charge in [-0.25, -0.2) is 0 Å². The lowest BCUT2D eigenvalue weighted by atomic mass is 10.1. The van der Waals surface area contributed by atoms with Crippen molar-refractivity contribution < 1.29 is 4.42 Å². The fourth-order valence-electron chi connectivity index (χ4n) is 3.27. The number of aryl methyl sites for hydroxylation is 2. The molecule has 0 N–H and O–H groups in total. The van der Waals surface area contributed by atoms with Crippen LogP contribution in [0.15, 0.2) is 52.2 Å². The zero-order chi connectivity index (χ0) is 20.2. The van der Waals surface area contributed by atoms with E-state index in [1.165, 1.54) is 5.56 Å². The highest BCUT2D eigenvalue weighted by Crippen LogP contribution is 2.27. The predicted molar refractivity (Wildman–Crippen MR) is 113 cm³/mol. The fourth-order valence-corrected chi connectivity index (χ4v) is 4.15. The Kier molecular flexibility index (Phi) is 5.80. The summed E-state index contributed by atoms with van der Waals surface area (Å²) in [5.41, 5.74) is 2.23. The van der Waals surface area contributed by atoms with Gasteiger partial charge < -0.3 is 8.98 Å². The van der Waals surface area contributed by atoms with Gasteiger partial charge in [0, 0.05) is 12.1 Å². The maximum Gasteiger partial charge on any atom is 0.192 e. The molecule has 0 unspecified atom stereocenters. The molecule has 0 fully saturated rings. The van der Waals surface area contributed by atoms with Crippen molar-refractivity contribution in [3.05, 3.63) is 65.6 Å². The maximum absolute atomic E-state index is 5.58. The first kappa shape index (κ1) is 19.4. The molecule has 3 aromatic heterocycles. The summed E-state index contributed by atoms with van der Waals surface area (Å²) in [5.74, 6) is 4.29. The van der Waals surface area contributed by atoms with Crippen molar-refractivity contribution in [1.29, 1.82) is 0 Å². The van der Waals surface area contributed by atoms with E-state index in [1.807, 2.05) is 25.1 Å². The van der Waals surface area contributed by atoms with E-state index >= 15 is 0 Å². The molecule has 0 spiro atoms. The smallest absolute Gasteiger partial charge is 0.192 e. The summed E-state index contributed by atoms with van der Waals surface area (Å²) in [4.78, 5) is 0. The van der Waals surface area contributed by atoms with Crippen LogP contribution in [0.3, 0.4) is 0 Å². The molecule has 4 rings (SSSR count). The molecule has 7 nitrogen and oxygen atoms in total. The lowest BCUT2D eigenvalue weighted by Gasteiger charge is -2.10. The van der Waals surface area contributed by atoms with Gasteiger partial charge in [-0.05, 0) is 38.5 Å². The Morgan fingerprint density at radius 1 is 1.00 bits per heavy atom. The summed E-state index contributed by atoms with van der Waals surface area (Å²) in [6.07, 6.45) is 2.73. The zero-order valence-corrected chi connectivity index (χ0v) is 17.7. The Morgan fingerprint density at radius 2 is 1.90 bits per heavy atom. The molecule has 0 radical (unpaired) electrons. The molecule has 0 aliphatic rings. The molecule has 0 atom stereocenters. The molecule has 0 aliphatic carbocycles. The standard InChI is InChI=1S/C21H24N6OS/c1-4-10-26-16(3)22-23-19(26)14-29-21-25-24-20(17-8-5-7-15(2)12-17)27(21)13-18-9-6-11-28-18/h5-9,11-12H,4,10,13-14H2,1-3H3. The van der Waals surface area contributed by atoms with Gasteiger partial charge >= 0.3 is 0 Å². The number of nitrogens with zero attached hydrogens (tertiary/aromatic N) is 6. The Bertz CT molecular complexity index is 1080. The minimum absolute atomic E-state index is 0.576. The number of benzene rings is 1. The Hall–Kier alpha value is -2.87. The maximum atomic E-state index is 5.58. The van der Waals surface area contributed by atoms with Crippen LogP contribution in [0, 0.1) is 13.8 Å². The van der Waals surface area contributed by atoms with Crippen molar-refractivity contribution in [2.45, 2.75) is 51.2 Å². The van der Waals surface area contributed by atoms with Crippen LogP contribution in [-0.4, -0.2) is 29.5 Å². The monoisotopic (exact) mass is 408 g/mol. The third-order valence-electron chi connectivity index (χ3n) is 4.68. The highest BCUT2D eigenvalue weighted by molar-refractivity contribution is 7.98. The van der Waals surface area contributed by atoms with Crippen LogP contribution >= 0.6 is 11.8 Å². The van der Waals surface area contributed by atoms with E-state index in [1.54, 1.807) is 18.0 Å². The van der Waals surface area contributed by atoms with Crippen molar-refractivity contribution in [2.75, 3.05) is 0 Å². The van der Waals surface area contributed by atoms with Crippen molar-refractivity contribution in [3.8, 4) is 11.4 Å². The van der Waals surface area contributed by atoms with E-state index in [4.69, 9.17) is 4.42 Å². The molecule has 0 amide bonds. The fraction of sp³-hybridized carbons (Fsp3) is 0.333. The minimum atomic E-state index is 0.576. The first-order valence-electron chi connectivity index (χ1n) is 9.69. The van der Waals surface area contributed by atoms with Crippen LogP contribution in [0.25, 0.3) is 11.4 Å². The summed E-state index contributed by atoms with van der Waals surface area (Å²) in [7, 11) is 0. The van der Waals surface area contributed by atoms with E-state index in [0.717, 1.165) is 46.9 Å². The Balaban J connectivity index is 1.64. The second-order valence-electron chi connectivity index (χ2n) is 6.94. The van der Waals surface area contributed by atoms with Gasteiger partial charge in [0.25, 0.3) is 0 Å². The average Bonchev–Trinajstić information content (AvgIpc) is 3.44. The first-order valence-corrected chi connectivity index (χ1v) is 10.7. The van der Waals surface area contributed by atoms with E-state index in [2.05, 4.69) is 61.6 Å². The molecule has 0 aliphatic heterocycles. The zero-order valence-electron chi connectivity index (χ0n) is 16.9. The summed E-state index contributed by atoms with van der Waals surface area (Å²) >= 11 is 1.62. The van der Waals surface area contributed by atoms with Crippen molar-refractivity contribution >= 4 is 11.8 Å². The SMILES string of the molecule is CCCn1c(C)nnc1CSc1nnc(-c2cccc(C)c2)n1Cc1ccco1. The molecule has 1 aromatic carbocycles. The molecule has 8 heteroatoms. The third kappa shape index (κ3) is 4.27. The molecule has 29 heavy (non-hydrogen) atoms. The van der Waals surface area contributed by atoms with Gasteiger partial charge in [-0.15, -0.1) is 20.4 Å². The number of thioether (sulfide) groups is 1. The highest BCUT2D eigenvalue weighted by Gasteiger charge is 2.17. The van der Waals surface area contributed by atoms with Gasteiger partial charge in [0.15, 0.2) is 11.0 Å². The lowest BCUT2D eigenvalue weighted by Crippen LogP contribution is -2.06. The van der Waals surface area contributed by atoms with Crippen molar-refractivity contribution in [1.82, 2.24) is 29.5 Å². The molecular weight excluding hydrogens is 384 g/mol. The molecule has 150 valence electrons. The van der Waals surface area contributed by atoms with Crippen LogP contribution in [0.1, 0.15) is 36.3 Å². The van der Waals surface area contributed by atoms with Gasteiger partial charge in [0.2, 0.25) is 0 Å². The third-order valence-corrected chi connectivity index (χ3v) is 5.64. The van der Waals surface area contributed by atoms with Gasteiger partial charge in [0.1, 0.15) is 17.4 Å². The molecule has 0 bridgehead atoms. The second kappa shape index (κ2) is 8.65. The normalized spacial score (nSPS) is 11.3. The predicted octanol–water partition coefficient (Wildman–Crippen LogP) is 4.50.